The van der Waals surface area contributed by atoms with E-state index >= 15 is 0 Å². The number of fused-ring (bicyclic) bond motifs is 1. The molecule has 118 valence electrons. The lowest BCUT2D eigenvalue weighted by Gasteiger charge is -2.11. The number of thioether (sulfide) groups is 1. The summed E-state index contributed by atoms with van der Waals surface area (Å²) in [6.45, 7) is 2.70. The van der Waals surface area contributed by atoms with Gasteiger partial charge in [-0.05, 0) is 24.5 Å². The van der Waals surface area contributed by atoms with Crippen LogP contribution in [0.25, 0.3) is 10.2 Å². The quantitative estimate of drug-likeness (QED) is 0.822. The Morgan fingerprint density at radius 1 is 1.43 bits per heavy atom. The van der Waals surface area contributed by atoms with E-state index in [4.69, 9.17) is 5.41 Å². The van der Waals surface area contributed by atoms with E-state index in [1.54, 1.807) is 22.4 Å². The Hall–Kier alpha value is -0.670. The second-order valence-electron chi connectivity index (χ2n) is 4.24. The van der Waals surface area contributed by atoms with Crippen LogP contribution in [-0.4, -0.2) is 22.4 Å². The van der Waals surface area contributed by atoms with Gasteiger partial charge in [0.2, 0.25) is 0 Å². The smallest absolute Gasteiger partial charge is 0.406 e. The first-order valence-corrected chi connectivity index (χ1v) is 7.87. The molecule has 0 bridgehead atoms. The van der Waals surface area contributed by atoms with Crippen LogP contribution >= 0.6 is 40.1 Å². The molecule has 1 atom stereocenters. The van der Waals surface area contributed by atoms with Crippen LogP contribution < -0.4 is 9.54 Å². The maximum Gasteiger partial charge on any atom is 0.573 e. The second-order valence-corrected chi connectivity index (χ2v) is 6.55. The molecule has 1 heterocycles. The van der Waals surface area contributed by atoms with Crippen molar-refractivity contribution in [3.63, 3.8) is 0 Å². The summed E-state index contributed by atoms with van der Waals surface area (Å²) in [6.07, 6.45) is -2.71. The van der Waals surface area contributed by atoms with Gasteiger partial charge in [0, 0.05) is 11.8 Å². The molecule has 0 radical (unpaired) electrons. The largest absolute Gasteiger partial charge is 0.573 e. The van der Waals surface area contributed by atoms with Crippen molar-refractivity contribution in [2.24, 2.45) is 0 Å². The number of halogens is 4. The summed E-state index contributed by atoms with van der Waals surface area (Å²) >= 11 is 2.82. The van der Waals surface area contributed by atoms with Crippen molar-refractivity contribution in [2.45, 2.75) is 25.1 Å². The minimum Gasteiger partial charge on any atom is -0.406 e. The van der Waals surface area contributed by atoms with E-state index in [0.29, 0.717) is 21.3 Å². The topological polar surface area (TPSA) is 38.0 Å². The summed E-state index contributed by atoms with van der Waals surface area (Å²) in [6, 6.07) is 4.17. The van der Waals surface area contributed by atoms with E-state index in [1.807, 2.05) is 13.2 Å². The lowest BCUT2D eigenvalue weighted by molar-refractivity contribution is -0.274. The number of aromatic nitrogens is 1. The van der Waals surface area contributed by atoms with E-state index < -0.39 is 6.36 Å². The third kappa shape index (κ3) is 4.65. The van der Waals surface area contributed by atoms with Gasteiger partial charge in [0.1, 0.15) is 5.75 Å². The predicted molar refractivity (Wildman–Crippen MR) is 85.7 cm³/mol. The number of thiazole rings is 1. The minimum absolute atomic E-state index is 0. The molecule has 9 heteroatoms. The lowest BCUT2D eigenvalue weighted by Crippen LogP contribution is -2.19. The van der Waals surface area contributed by atoms with E-state index in [9.17, 15) is 13.2 Å². The van der Waals surface area contributed by atoms with Crippen molar-refractivity contribution in [3.05, 3.63) is 23.0 Å². The van der Waals surface area contributed by atoms with Gasteiger partial charge in [0.25, 0.3) is 0 Å². The van der Waals surface area contributed by atoms with Crippen LogP contribution in [0.3, 0.4) is 0 Å². The molecule has 1 unspecified atom stereocenters. The molecule has 3 nitrogen and oxygen atoms in total. The fourth-order valence-corrected chi connectivity index (χ4v) is 3.03. The summed E-state index contributed by atoms with van der Waals surface area (Å²) in [5.41, 5.74) is 0.760. The summed E-state index contributed by atoms with van der Waals surface area (Å²) in [5, 5.41) is 8.25. The van der Waals surface area contributed by atoms with Gasteiger partial charge in [-0.25, -0.2) is 0 Å². The maximum atomic E-state index is 12.2. The van der Waals surface area contributed by atoms with Crippen molar-refractivity contribution in [1.29, 1.82) is 5.41 Å². The number of hydrogen-bond acceptors (Lipinski definition) is 4. The van der Waals surface area contributed by atoms with Gasteiger partial charge in [0.15, 0.2) is 4.80 Å². The number of nitrogens with one attached hydrogen (secondary N) is 1. The van der Waals surface area contributed by atoms with Crippen LogP contribution in [0.4, 0.5) is 13.2 Å². The molecule has 0 spiro atoms. The third-order valence-electron chi connectivity index (χ3n) is 2.75. The SMILES string of the molecule is Br.CSC(C)Cn1c(=N)sc2cc(OC(F)(F)F)ccc21. The zero-order chi connectivity index (χ0) is 14.9. The van der Waals surface area contributed by atoms with E-state index in [0.717, 1.165) is 16.9 Å². The van der Waals surface area contributed by atoms with Crippen molar-refractivity contribution in [1.82, 2.24) is 4.57 Å². The predicted octanol–water partition coefficient (Wildman–Crippen LogP) is 4.41. The monoisotopic (exact) mass is 402 g/mol. The molecule has 1 aromatic carbocycles. The van der Waals surface area contributed by atoms with Crippen molar-refractivity contribution < 1.29 is 17.9 Å². The Bertz CT molecular complexity index is 669. The number of ether oxygens (including phenoxy) is 1. The third-order valence-corrected chi connectivity index (χ3v) is 4.66. The average molecular weight is 403 g/mol. The second kappa shape index (κ2) is 7.06. The maximum absolute atomic E-state index is 12.2. The van der Waals surface area contributed by atoms with Crippen molar-refractivity contribution in [2.75, 3.05) is 6.26 Å². The Morgan fingerprint density at radius 2 is 2.10 bits per heavy atom. The molecular weight excluding hydrogens is 389 g/mol. The molecule has 0 aliphatic rings. The van der Waals surface area contributed by atoms with Crippen LogP contribution in [0.1, 0.15) is 6.92 Å². The average Bonchev–Trinajstić information content (AvgIpc) is 2.63. The highest BCUT2D eigenvalue weighted by Crippen LogP contribution is 2.28. The van der Waals surface area contributed by atoms with Crippen LogP contribution in [0.5, 0.6) is 5.75 Å². The molecule has 2 rings (SSSR count). The Kier molecular flexibility index (Phi) is 6.18. The van der Waals surface area contributed by atoms with Crippen LogP contribution in [0.2, 0.25) is 0 Å². The van der Waals surface area contributed by atoms with E-state index in [1.165, 1.54) is 12.1 Å². The molecule has 0 aliphatic carbocycles. The molecular formula is C12H14BrF3N2OS2. The molecule has 0 aliphatic heterocycles. The molecule has 0 amide bonds. The van der Waals surface area contributed by atoms with E-state index in [-0.39, 0.29) is 22.7 Å². The fraction of sp³-hybridized carbons (Fsp3) is 0.417. The summed E-state index contributed by atoms with van der Waals surface area (Å²) in [4.78, 5) is 0.324. The molecule has 21 heavy (non-hydrogen) atoms. The Labute approximate surface area is 138 Å². The first-order valence-electron chi connectivity index (χ1n) is 5.76. The molecule has 1 aromatic heterocycles. The van der Waals surface area contributed by atoms with Gasteiger partial charge in [-0.1, -0.05) is 18.3 Å². The molecule has 0 fully saturated rings. The Morgan fingerprint density at radius 3 is 2.67 bits per heavy atom. The van der Waals surface area contributed by atoms with Gasteiger partial charge in [-0.3, -0.25) is 5.41 Å². The number of rotatable bonds is 4. The summed E-state index contributed by atoms with van der Waals surface area (Å²) < 4.78 is 42.9. The molecule has 2 aromatic rings. The van der Waals surface area contributed by atoms with Gasteiger partial charge in [0.05, 0.1) is 10.2 Å². The number of alkyl halides is 3. The van der Waals surface area contributed by atoms with Crippen LogP contribution in [0.15, 0.2) is 18.2 Å². The van der Waals surface area contributed by atoms with Crippen molar-refractivity contribution in [3.8, 4) is 5.75 Å². The van der Waals surface area contributed by atoms with Gasteiger partial charge in [-0.15, -0.1) is 30.2 Å². The first-order chi connectivity index (χ1) is 9.30. The van der Waals surface area contributed by atoms with Gasteiger partial charge < -0.3 is 9.30 Å². The zero-order valence-corrected chi connectivity index (χ0v) is 14.6. The molecule has 0 saturated heterocycles. The highest BCUT2D eigenvalue weighted by Gasteiger charge is 2.31. The van der Waals surface area contributed by atoms with Crippen LogP contribution in [-0.2, 0) is 6.54 Å². The summed E-state index contributed by atoms with van der Waals surface area (Å²) in [7, 11) is 0. The van der Waals surface area contributed by atoms with Crippen LogP contribution in [0, 0.1) is 5.41 Å². The number of nitrogens with zero attached hydrogens (tertiary/aromatic N) is 1. The normalized spacial score (nSPS) is 13.0. The molecule has 0 saturated carbocycles. The highest BCUT2D eigenvalue weighted by atomic mass is 79.9. The Balaban J connectivity index is 0.00000220. The number of benzene rings is 1. The lowest BCUT2D eigenvalue weighted by atomic mass is 10.3. The van der Waals surface area contributed by atoms with Crippen molar-refractivity contribution >= 4 is 50.3 Å². The zero-order valence-electron chi connectivity index (χ0n) is 11.2. The standard InChI is InChI=1S/C12H13F3N2OS2.BrH/c1-7(19-2)6-17-9-4-3-8(18-12(13,14)15)5-10(9)20-11(17)16;/h3-5,7,16H,6H2,1-2H3;1H. The first kappa shape index (κ1) is 18.4. The molecule has 1 N–H and O–H groups in total. The fourth-order valence-electron chi connectivity index (χ4n) is 1.78. The number of hydrogen-bond donors (Lipinski definition) is 1. The summed E-state index contributed by atoms with van der Waals surface area (Å²) in [5.74, 6) is -0.253. The van der Waals surface area contributed by atoms with E-state index in [2.05, 4.69) is 4.74 Å². The van der Waals surface area contributed by atoms with Gasteiger partial charge >= 0.3 is 6.36 Å². The highest BCUT2D eigenvalue weighted by molar-refractivity contribution is 8.93. The van der Waals surface area contributed by atoms with Gasteiger partial charge in [-0.2, -0.15) is 11.8 Å². The minimum atomic E-state index is -4.70.